The van der Waals surface area contributed by atoms with E-state index >= 15 is 0 Å². The number of hydrogen-bond acceptors (Lipinski definition) is 2. The van der Waals surface area contributed by atoms with E-state index in [1.54, 1.807) is 12.1 Å². The highest BCUT2D eigenvalue weighted by molar-refractivity contribution is 5.78. The second-order valence-electron chi connectivity index (χ2n) is 5.32. The second-order valence-corrected chi connectivity index (χ2v) is 5.32. The maximum atomic E-state index is 13.7. The molecule has 1 aromatic rings. The van der Waals surface area contributed by atoms with Crippen LogP contribution in [-0.4, -0.2) is 17.6 Å². The van der Waals surface area contributed by atoms with Gasteiger partial charge in [-0.1, -0.05) is 31.1 Å². The Bertz CT molecular complexity index is 554. The van der Waals surface area contributed by atoms with E-state index in [9.17, 15) is 9.18 Å². The Morgan fingerprint density at radius 2 is 2.10 bits per heavy atom. The molecule has 0 atom stereocenters. The van der Waals surface area contributed by atoms with Crippen molar-refractivity contribution in [3.05, 3.63) is 35.1 Å². The van der Waals surface area contributed by atoms with Gasteiger partial charge in [0.15, 0.2) is 0 Å². The van der Waals surface area contributed by atoms with Gasteiger partial charge in [0.25, 0.3) is 0 Å². The molecule has 0 spiro atoms. The van der Waals surface area contributed by atoms with Crippen LogP contribution in [0.15, 0.2) is 18.2 Å². The van der Waals surface area contributed by atoms with Crippen LogP contribution in [0.3, 0.4) is 0 Å². The summed E-state index contributed by atoms with van der Waals surface area (Å²) in [7, 11) is 0. The Morgan fingerprint density at radius 1 is 1.33 bits per heavy atom. The Kier molecular flexibility index (Phi) is 5.77. The molecule has 0 unspecified atom stereocenters. The molecule has 1 fully saturated rings. The first-order chi connectivity index (χ1) is 10.2. The number of carbonyl (C=O) groups is 1. The van der Waals surface area contributed by atoms with Crippen LogP contribution in [0.1, 0.15) is 43.2 Å². The molecule has 1 aliphatic carbocycles. The van der Waals surface area contributed by atoms with E-state index in [0.717, 1.165) is 25.7 Å². The number of carbonyl (C=O) groups excluding carboxylic acids is 1. The van der Waals surface area contributed by atoms with Gasteiger partial charge in [-0.25, -0.2) is 4.39 Å². The minimum Gasteiger partial charge on any atom is -0.384 e. The molecule has 1 saturated carbocycles. The Labute approximate surface area is 124 Å². The van der Waals surface area contributed by atoms with E-state index in [-0.39, 0.29) is 30.8 Å². The smallest absolute Gasteiger partial charge is 0.223 e. The van der Waals surface area contributed by atoms with Crippen molar-refractivity contribution in [1.82, 2.24) is 5.32 Å². The highest BCUT2D eigenvalue weighted by atomic mass is 19.1. The molecule has 2 rings (SSSR count). The topological polar surface area (TPSA) is 49.3 Å². The van der Waals surface area contributed by atoms with Crippen LogP contribution in [0.2, 0.25) is 0 Å². The maximum Gasteiger partial charge on any atom is 0.223 e. The molecule has 0 heterocycles. The van der Waals surface area contributed by atoms with Gasteiger partial charge in [0.2, 0.25) is 5.91 Å². The lowest BCUT2D eigenvalue weighted by atomic mass is 9.88. The van der Waals surface area contributed by atoms with Crippen LogP contribution >= 0.6 is 0 Å². The van der Waals surface area contributed by atoms with Gasteiger partial charge in [-0.15, -0.1) is 0 Å². The standard InChI is InChI=1S/C17H20FNO2/c18-16-9-8-13(5-4-10-20)11-15(16)12-19-17(21)14-6-2-1-3-7-14/h8-9,11,14,20H,1-3,6-7,10,12H2,(H,19,21). The van der Waals surface area contributed by atoms with Gasteiger partial charge in [-0.05, 0) is 31.0 Å². The van der Waals surface area contributed by atoms with Crippen molar-refractivity contribution in [2.24, 2.45) is 5.92 Å². The van der Waals surface area contributed by atoms with Crippen molar-refractivity contribution < 1.29 is 14.3 Å². The molecule has 0 bridgehead atoms. The molecule has 1 aromatic carbocycles. The average Bonchev–Trinajstić information content (AvgIpc) is 2.53. The van der Waals surface area contributed by atoms with Gasteiger partial charge in [-0.2, -0.15) is 0 Å². The van der Waals surface area contributed by atoms with Gasteiger partial charge in [0, 0.05) is 23.6 Å². The van der Waals surface area contributed by atoms with E-state index in [1.807, 2.05) is 0 Å². The summed E-state index contributed by atoms with van der Waals surface area (Å²) in [5.41, 5.74) is 1.05. The lowest BCUT2D eigenvalue weighted by Gasteiger charge is -2.20. The molecule has 2 N–H and O–H groups in total. The molecular weight excluding hydrogens is 269 g/mol. The van der Waals surface area contributed by atoms with Crippen LogP contribution in [0.4, 0.5) is 4.39 Å². The van der Waals surface area contributed by atoms with Crippen LogP contribution in [0, 0.1) is 23.6 Å². The monoisotopic (exact) mass is 289 g/mol. The van der Waals surface area contributed by atoms with Gasteiger partial charge in [-0.3, -0.25) is 4.79 Å². The third kappa shape index (κ3) is 4.57. The Balaban J connectivity index is 1.96. The maximum absolute atomic E-state index is 13.7. The molecule has 4 heteroatoms. The summed E-state index contributed by atoms with van der Waals surface area (Å²) in [6, 6.07) is 4.51. The zero-order valence-electron chi connectivity index (χ0n) is 12.0. The predicted octanol–water partition coefficient (Wildman–Crippen LogP) is 2.37. The molecule has 0 aliphatic heterocycles. The van der Waals surface area contributed by atoms with Crippen molar-refractivity contribution >= 4 is 5.91 Å². The second kappa shape index (κ2) is 7.80. The molecule has 0 radical (unpaired) electrons. The van der Waals surface area contributed by atoms with Crippen molar-refractivity contribution in [1.29, 1.82) is 0 Å². The third-order valence-electron chi connectivity index (χ3n) is 3.79. The lowest BCUT2D eigenvalue weighted by Crippen LogP contribution is -2.31. The van der Waals surface area contributed by atoms with E-state index in [0.29, 0.717) is 11.1 Å². The largest absolute Gasteiger partial charge is 0.384 e. The van der Waals surface area contributed by atoms with E-state index in [1.165, 1.54) is 12.5 Å². The quantitative estimate of drug-likeness (QED) is 0.839. The van der Waals surface area contributed by atoms with Gasteiger partial charge in [0.05, 0.1) is 0 Å². The lowest BCUT2D eigenvalue weighted by molar-refractivity contribution is -0.126. The number of amides is 1. The van der Waals surface area contributed by atoms with Crippen LogP contribution in [0.25, 0.3) is 0 Å². The molecule has 0 saturated heterocycles. The van der Waals surface area contributed by atoms with E-state index < -0.39 is 0 Å². The Morgan fingerprint density at radius 3 is 2.81 bits per heavy atom. The van der Waals surface area contributed by atoms with Crippen LogP contribution < -0.4 is 5.32 Å². The number of aliphatic hydroxyl groups excluding tert-OH is 1. The highest BCUT2D eigenvalue weighted by Gasteiger charge is 2.20. The fourth-order valence-corrected chi connectivity index (χ4v) is 2.62. The van der Waals surface area contributed by atoms with Crippen LogP contribution in [-0.2, 0) is 11.3 Å². The molecule has 3 nitrogen and oxygen atoms in total. The number of nitrogens with one attached hydrogen (secondary N) is 1. The van der Waals surface area contributed by atoms with E-state index in [2.05, 4.69) is 17.2 Å². The summed E-state index contributed by atoms with van der Waals surface area (Å²) in [6.07, 6.45) is 5.24. The number of aliphatic hydroxyl groups is 1. The van der Waals surface area contributed by atoms with Crippen molar-refractivity contribution in [3.63, 3.8) is 0 Å². The molecule has 112 valence electrons. The number of benzene rings is 1. The molecule has 21 heavy (non-hydrogen) atoms. The molecular formula is C17H20FNO2. The zero-order valence-corrected chi connectivity index (χ0v) is 12.0. The number of halogens is 1. The van der Waals surface area contributed by atoms with E-state index in [4.69, 9.17) is 5.11 Å². The van der Waals surface area contributed by atoms with Gasteiger partial charge in [0.1, 0.15) is 12.4 Å². The fourth-order valence-electron chi connectivity index (χ4n) is 2.62. The normalized spacial score (nSPS) is 15.1. The van der Waals surface area contributed by atoms with Crippen molar-refractivity contribution in [3.8, 4) is 11.8 Å². The molecule has 1 amide bonds. The number of hydrogen-bond donors (Lipinski definition) is 2. The summed E-state index contributed by atoms with van der Waals surface area (Å²) in [5, 5.41) is 11.5. The average molecular weight is 289 g/mol. The molecule has 0 aromatic heterocycles. The fraction of sp³-hybridized carbons (Fsp3) is 0.471. The first kappa shape index (κ1) is 15.5. The molecule has 1 aliphatic rings. The minimum absolute atomic E-state index is 0.0148. The summed E-state index contributed by atoms with van der Waals surface area (Å²) < 4.78 is 13.7. The van der Waals surface area contributed by atoms with Crippen molar-refractivity contribution in [2.75, 3.05) is 6.61 Å². The Hall–Kier alpha value is -1.86. The first-order valence-electron chi connectivity index (χ1n) is 7.36. The summed E-state index contributed by atoms with van der Waals surface area (Å²) in [6.45, 7) is -0.0546. The minimum atomic E-state index is -0.353. The summed E-state index contributed by atoms with van der Waals surface area (Å²) >= 11 is 0. The predicted molar refractivity (Wildman–Crippen MR) is 78.8 cm³/mol. The third-order valence-corrected chi connectivity index (χ3v) is 3.79. The summed E-state index contributed by atoms with van der Waals surface area (Å²) in [4.78, 5) is 12.0. The van der Waals surface area contributed by atoms with Gasteiger partial charge < -0.3 is 10.4 Å². The highest BCUT2D eigenvalue weighted by Crippen LogP contribution is 2.23. The zero-order chi connectivity index (χ0) is 15.1. The first-order valence-corrected chi connectivity index (χ1v) is 7.36. The SMILES string of the molecule is O=C(NCc1cc(C#CCO)ccc1F)C1CCCCC1. The van der Waals surface area contributed by atoms with Gasteiger partial charge >= 0.3 is 0 Å². The number of rotatable bonds is 3. The van der Waals surface area contributed by atoms with Crippen molar-refractivity contribution in [2.45, 2.75) is 38.6 Å². The van der Waals surface area contributed by atoms with Crippen LogP contribution in [0.5, 0.6) is 0 Å². The summed E-state index contributed by atoms with van der Waals surface area (Å²) in [5.74, 6) is 4.99.